The summed E-state index contributed by atoms with van der Waals surface area (Å²) in [6.07, 6.45) is -8.02. The van der Waals surface area contributed by atoms with Gasteiger partial charge in [-0.1, -0.05) is 60.7 Å². The Bertz CT molecular complexity index is 3870. The first-order valence-electron chi connectivity index (χ1n) is 32.6. The number of ketones is 1. The van der Waals surface area contributed by atoms with Gasteiger partial charge in [0.25, 0.3) is 5.91 Å². The maximum absolute atomic E-state index is 16.0. The SMILES string of the molecule is CO[C@H]1C(=O)[C@]2(C)[C@@H](OC)C[C@H]3OC[C@@]3(OC(C)C)[C@H]2[C@@H]2[C@@H](OC(=O)c3ccccc3)[C@@]3(C)C1=C(C)[C@@H](OC(=O)[C@H](OC(=O)CCC(=O)NCCCC[C@H](NC(=O)c1ccc(CNc4cnc5nc(N)nc(O)c5n4)cc1)C(=O)O)[C@@H](NC(=O)OC(C)(C)C)c1ccccc1)C[C@@]23O. The number of aromatic hydroxyl groups is 1. The number of alkyl carbamates (subject to hydrolysis) is 1. The van der Waals surface area contributed by atoms with Gasteiger partial charge < -0.3 is 80.2 Å². The Balaban J connectivity index is 0.840. The van der Waals surface area contributed by atoms with Crippen LogP contribution < -0.4 is 27.0 Å². The quantitative estimate of drug-likeness (QED) is 0.0133. The number of nitrogens with one attached hydrogen (secondary N) is 4. The number of aromatic nitrogens is 4. The van der Waals surface area contributed by atoms with E-state index in [1.54, 1.807) is 114 Å². The number of carbonyl (C=O) groups excluding carboxylic acids is 7. The molecule has 11 rings (SSSR count). The van der Waals surface area contributed by atoms with Gasteiger partial charge in [0.2, 0.25) is 23.8 Å². The molecule has 3 aromatic carbocycles. The van der Waals surface area contributed by atoms with Gasteiger partial charge >= 0.3 is 30.0 Å². The second kappa shape index (κ2) is 28.7. The number of nitrogens with zero attached hydrogens (tertiary/aromatic N) is 4. The van der Waals surface area contributed by atoms with Crippen molar-refractivity contribution in [3.8, 4) is 5.88 Å². The summed E-state index contributed by atoms with van der Waals surface area (Å²) in [5, 5.41) is 45.2. The average molecular weight is 1360 g/mol. The Morgan fingerprint density at radius 3 is 2.18 bits per heavy atom. The number of aliphatic hydroxyl groups is 1. The number of esters is 3. The Morgan fingerprint density at radius 2 is 1.55 bits per heavy atom. The van der Waals surface area contributed by atoms with E-state index in [4.69, 9.17) is 43.6 Å². The van der Waals surface area contributed by atoms with Crippen molar-refractivity contribution >= 4 is 70.5 Å². The van der Waals surface area contributed by atoms with Crippen molar-refractivity contribution in [2.24, 2.45) is 22.7 Å². The number of carbonyl (C=O) groups is 8. The molecule has 98 heavy (non-hydrogen) atoms. The van der Waals surface area contributed by atoms with Crippen LogP contribution in [-0.4, -0.2) is 176 Å². The van der Waals surface area contributed by atoms with Crippen molar-refractivity contribution in [3.05, 3.63) is 125 Å². The molecule has 28 nitrogen and oxygen atoms in total. The zero-order valence-corrected chi connectivity index (χ0v) is 56.3. The van der Waals surface area contributed by atoms with Crippen LogP contribution in [0.4, 0.5) is 16.6 Å². The van der Waals surface area contributed by atoms with Crippen molar-refractivity contribution in [1.29, 1.82) is 0 Å². The molecule has 0 radical (unpaired) electrons. The van der Waals surface area contributed by atoms with Crippen LogP contribution in [0.25, 0.3) is 11.2 Å². The molecule has 0 spiro atoms. The minimum absolute atomic E-state index is 0.00762. The molecule has 3 amide bonds. The van der Waals surface area contributed by atoms with E-state index in [1.807, 2.05) is 13.8 Å². The third-order valence-corrected chi connectivity index (χ3v) is 19.6. The third kappa shape index (κ3) is 14.0. The van der Waals surface area contributed by atoms with Crippen molar-refractivity contribution < 1.29 is 91.6 Å². The standard InChI is InChI=1S/C70H85N9O19/c1-36(2)97-69-35-93-45(69)31-44(91-9)67(7)55(69)50-57(96-62(87)41-21-15-12-16-22-41)68(8)49(53(92-10)56(67)82)37(3)43(32-70(50,68)90)94-63(88)54(51(39-19-13-11-14-20-39)77-65(89)98-66(4,5)6)95-48(81)29-28-47(80)72-30-18-17-23-42(61(85)86)75-59(83)40-26-24-38(25-27-40)33-73-46-34-74-58-52(76-46)60(84)79-64(71)78-58/h11-16,19-22,24-27,34,36,42-45,50-51,53-55,57,90H,17-18,23,28-33,35H2,1-10H3,(H,72,80)(H,73,76)(H,75,83)(H,77,89)(H,85,86)(H3,71,74,78,79,84)/t42-,43-,44-,45+,50+,51-,53+,54+,55-,57+,67+,68+,69-,70+/m0/s1. The molecular formula is C70H85N9O19. The fraction of sp³-hybridized carbons (Fsp3) is 0.514. The van der Waals surface area contributed by atoms with E-state index in [0.29, 0.717) is 5.82 Å². The molecule has 4 bridgehead atoms. The molecule has 1 aliphatic heterocycles. The predicted molar refractivity (Wildman–Crippen MR) is 349 cm³/mol. The zero-order chi connectivity index (χ0) is 70.8. The third-order valence-electron chi connectivity index (χ3n) is 19.6. The summed E-state index contributed by atoms with van der Waals surface area (Å²) in [6, 6.07) is 20.1. The van der Waals surface area contributed by atoms with Gasteiger partial charge in [0.1, 0.15) is 47.4 Å². The van der Waals surface area contributed by atoms with E-state index in [1.165, 1.54) is 32.5 Å². The lowest BCUT2D eigenvalue weighted by atomic mass is 9.32. The number of Topliss-reactive ketones (excluding diaryl/α,β-unsaturated/α-hetero) is 1. The van der Waals surface area contributed by atoms with Gasteiger partial charge in [-0.25, -0.2) is 29.1 Å². The van der Waals surface area contributed by atoms with E-state index in [-0.39, 0.29) is 96.7 Å². The molecule has 3 heterocycles. The summed E-state index contributed by atoms with van der Waals surface area (Å²) >= 11 is 0. The molecule has 0 unspecified atom stereocenters. The summed E-state index contributed by atoms with van der Waals surface area (Å²) in [6.45, 7) is 14.1. The molecule has 28 heteroatoms. The number of benzene rings is 3. The number of anilines is 2. The number of rotatable bonds is 26. The van der Waals surface area contributed by atoms with E-state index in [0.717, 1.165) is 5.56 Å². The normalized spacial score (nSPS) is 27.0. The fourth-order valence-electron chi connectivity index (χ4n) is 15.1. The number of aliphatic carboxylic acids is 1. The molecule has 524 valence electrons. The summed E-state index contributed by atoms with van der Waals surface area (Å²) in [7, 11) is 2.85. The molecule has 5 aromatic rings. The molecule has 2 aromatic heterocycles. The van der Waals surface area contributed by atoms with Crippen LogP contribution in [0.15, 0.2) is 102 Å². The topological polar surface area (TPSA) is 397 Å². The number of nitrogens with two attached hydrogens (primary N) is 1. The van der Waals surface area contributed by atoms with Crippen LogP contribution in [0, 0.1) is 22.7 Å². The van der Waals surface area contributed by atoms with Crippen LogP contribution in [-0.2, 0) is 68.4 Å². The van der Waals surface area contributed by atoms with Crippen LogP contribution in [0.2, 0.25) is 0 Å². The summed E-state index contributed by atoms with van der Waals surface area (Å²) < 4.78 is 50.5. The molecule has 14 atom stereocenters. The summed E-state index contributed by atoms with van der Waals surface area (Å²) in [4.78, 5) is 129. The molecule has 5 aliphatic carbocycles. The number of methoxy groups -OCH3 is 2. The number of fused-ring (bicyclic) bond motifs is 3. The summed E-state index contributed by atoms with van der Waals surface area (Å²) in [5.74, 6) is -8.22. The second-order valence-electron chi connectivity index (χ2n) is 27.2. The number of unbranched alkanes of at least 4 members (excludes halogenated alkanes) is 1. The average Bonchev–Trinajstić information content (AvgIpc) is 0.638. The maximum Gasteiger partial charge on any atom is 0.408 e. The lowest BCUT2D eigenvalue weighted by molar-refractivity contribution is -0.393. The minimum Gasteiger partial charge on any atom is -0.492 e. The highest BCUT2D eigenvalue weighted by molar-refractivity contribution is 5.97. The van der Waals surface area contributed by atoms with Gasteiger partial charge in [-0.15, -0.1) is 0 Å². The molecule has 4 saturated carbocycles. The molecular weight excluding hydrogens is 1270 g/mol. The molecule has 1 saturated heterocycles. The largest absolute Gasteiger partial charge is 0.492 e. The highest BCUT2D eigenvalue weighted by atomic mass is 16.6. The lowest BCUT2D eigenvalue weighted by Crippen LogP contribution is -2.88. The lowest BCUT2D eigenvalue weighted by Gasteiger charge is -2.76. The van der Waals surface area contributed by atoms with Gasteiger partial charge in [-0.2, -0.15) is 9.97 Å². The van der Waals surface area contributed by atoms with Gasteiger partial charge in [-0.05, 0) is 121 Å². The summed E-state index contributed by atoms with van der Waals surface area (Å²) in [5.41, 5.74) is 0.315. The van der Waals surface area contributed by atoms with Gasteiger partial charge in [-0.3, -0.25) is 19.2 Å². The molecule has 6 aliphatic rings. The minimum atomic E-state index is -2.00. The van der Waals surface area contributed by atoms with Crippen LogP contribution >= 0.6 is 0 Å². The number of hydrogen-bond acceptors (Lipinski definition) is 24. The van der Waals surface area contributed by atoms with E-state index >= 15 is 9.59 Å². The van der Waals surface area contributed by atoms with E-state index < -0.39 is 161 Å². The van der Waals surface area contributed by atoms with Gasteiger partial charge in [0.15, 0.2) is 16.9 Å². The Kier molecular flexibility index (Phi) is 21.0. The van der Waals surface area contributed by atoms with Crippen LogP contribution in [0.5, 0.6) is 5.88 Å². The van der Waals surface area contributed by atoms with Gasteiger partial charge in [0, 0.05) is 64.0 Å². The molecule has 9 N–H and O–H groups in total. The monoisotopic (exact) mass is 1360 g/mol. The Labute approximate surface area is 565 Å². The maximum atomic E-state index is 16.0. The number of carboxylic acid groups (broad SMARTS) is 1. The van der Waals surface area contributed by atoms with Crippen molar-refractivity contribution in [1.82, 2.24) is 35.9 Å². The van der Waals surface area contributed by atoms with Crippen molar-refractivity contribution in [2.45, 2.75) is 178 Å². The second-order valence-corrected chi connectivity index (χ2v) is 27.2. The first-order valence-corrected chi connectivity index (χ1v) is 32.6. The van der Waals surface area contributed by atoms with Crippen LogP contribution in [0.3, 0.4) is 0 Å². The first-order chi connectivity index (χ1) is 46.5. The highest BCUT2D eigenvalue weighted by Crippen LogP contribution is 2.75. The van der Waals surface area contributed by atoms with Crippen LogP contribution in [0.1, 0.15) is 138 Å². The predicted octanol–water partition coefficient (Wildman–Crippen LogP) is 6.17. The van der Waals surface area contributed by atoms with E-state index in [9.17, 15) is 44.1 Å². The molecule has 5 fully saturated rings. The Morgan fingerprint density at radius 1 is 0.857 bits per heavy atom. The number of carboxylic acids is 1. The fourth-order valence-corrected chi connectivity index (χ4v) is 15.1. The smallest absolute Gasteiger partial charge is 0.408 e. The Hall–Kier alpha value is -9.22. The van der Waals surface area contributed by atoms with E-state index in [2.05, 4.69) is 41.2 Å². The van der Waals surface area contributed by atoms with Gasteiger partial charge in [0.05, 0.1) is 59.5 Å². The number of nitrogen functional groups attached to an aromatic ring is 1. The zero-order valence-electron chi connectivity index (χ0n) is 56.3. The highest BCUT2D eigenvalue weighted by Gasteiger charge is 2.85. The van der Waals surface area contributed by atoms with Crippen molar-refractivity contribution in [3.63, 3.8) is 0 Å². The first kappa shape index (κ1) is 71.5. The van der Waals surface area contributed by atoms with Crippen molar-refractivity contribution in [2.75, 3.05) is 38.4 Å². The number of ether oxygens (including phenoxy) is 8. The number of hydrogen-bond donors (Lipinski definition) is 8. The number of amides is 3.